The molecule has 0 bridgehead atoms. The molecule has 1 amide bonds. The van der Waals surface area contributed by atoms with Crippen LogP contribution in [0.3, 0.4) is 0 Å². The average Bonchev–Trinajstić information content (AvgIpc) is 3.24. The first-order chi connectivity index (χ1) is 14.4. The molecule has 1 aliphatic carbocycles. The molecular weight excluding hydrogens is 511 g/mol. The first kappa shape index (κ1) is 27.0. The van der Waals surface area contributed by atoms with Crippen LogP contribution in [-0.4, -0.2) is 64.1 Å². The van der Waals surface area contributed by atoms with Gasteiger partial charge in [-0.3, -0.25) is 4.79 Å². The van der Waals surface area contributed by atoms with Gasteiger partial charge in [0.05, 0.1) is 26.2 Å². The molecule has 1 fully saturated rings. The SMILES string of the molecule is CCNC(=NCc1ccc(OC)c(C(=O)OC)c1)NCC1(C(=O)N(C)C)CCCC1.I. The van der Waals surface area contributed by atoms with Crippen LogP contribution in [0.1, 0.15) is 48.5 Å². The number of hydrogen-bond acceptors (Lipinski definition) is 5. The number of esters is 1. The Balaban J connectivity index is 0.00000480. The molecule has 1 aromatic carbocycles. The Morgan fingerprint density at radius 3 is 2.39 bits per heavy atom. The van der Waals surface area contributed by atoms with Crippen molar-refractivity contribution >= 4 is 41.8 Å². The third-order valence-corrected chi connectivity index (χ3v) is 5.45. The van der Waals surface area contributed by atoms with Crippen LogP contribution in [-0.2, 0) is 16.1 Å². The lowest BCUT2D eigenvalue weighted by atomic mass is 9.84. The molecule has 0 spiro atoms. The fourth-order valence-corrected chi connectivity index (χ4v) is 3.88. The molecule has 1 aromatic rings. The zero-order chi connectivity index (χ0) is 22.1. The van der Waals surface area contributed by atoms with Gasteiger partial charge in [-0.05, 0) is 37.5 Å². The number of carbonyl (C=O) groups is 2. The summed E-state index contributed by atoms with van der Waals surface area (Å²) in [7, 11) is 6.48. The lowest BCUT2D eigenvalue weighted by Gasteiger charge is -2.31. The summed E-state index contributed by atoms with van der Waals surface area (Å²) < 4.78 is 10.1. The molecule has 2 rings (SSSR count). The summed E-state index contributed by atoms with van der Waals surface area (Å²) in [5.74, 6) is 0.824. The van der Waals surface area contributed by atoms with Crippen LogP contribution in [0, 0.1) is 5.41 Å². The standard InChI is InChI=1S/C22H34N4O4.HI/c1-6-23-21(25-15-22(11-7-8-12-22)20(28)26(2)3)24-14-16-9-10-18(29-4)17(13-16)19(27)30-5;/h9-10,13H,6-8,11-12,14-15H2,1-5H3,(H2,23,24,25);1H. The van der Waals surface area contributed by atoms with E-state index in [1.54, 1.807) is 17.0 Å². The second-order valence-corrected chi connectivity index (χ2v) is 7.76. The minimum atomic E-state index is -0.451. The van der Waals surface area contributed by atoms with Crippen molar-refractivity contribution in [2.45, 2.75) is 39.2 Å². The van der Waals surface area contributed by atoms with Crippen LogP contribution in [0.4, 0.5) is 0 Å². The number of guanidine groups is 1. The summed E-state index contributed by atoms with van der Waals surface area (Å²) in [6.07, 6.45) is 3.91. The van der Waals surface area contributed by atoms with Crippen molar-refractivity contribution in [3.63, 3.8) is 0 Å². The Hall–Kier alpha value is -2.04. The number of nitrogens with one attached hydrogen (secondary N) is 2. The van der Waals surface area contributed by atoms with Gasteiger partial charge >= 0.3 is 5.97 Å². The number of hydrogen-bond donors (Lipinski definition) is 2. The van der Waals surface area contributed by atoms with E-state index in [2.05, 4.69) is 15.6 Å². The molecule has 0 saturated heterocycles. The molecule has 1 aliphatic rings. The summed E-state index contributed by atoms with van der Waals surface area (Å²) in [5.41, 5.74) is 0.846. The predicted molar refractivity (Wildman–Crippen MR) is 132 cm³/mol. The number of halogens is 1. The van der Waals surface area contributed by atoms with Gasteiger partial charge in [0.2, 0.25) is 5.91 Å². The van der Waals surface area contributed by atoms with Gasteiger partial charge < -0.3 is 25.0 Å². The molecule has 0 unspecified atom stereocenters. The van der Waals surface area contributed by atoms with Crippen molar-refractivity contribution in [2.75, 3.05) is 41.4 Å². The van der Waals surface area contributed by atoms with Crippen molar-refractivity contribution in [1.82, 2.24) is 15.5 Å². The van der Waals surface area contributed by atoms with Crippen LogP contribution < -0.4 is 15.4 Å². The quantitative estimate of drug-likeness (QED) is 0.226. The summed E-state index contributed by atoms with van der Waals surface area (Å²) >= 11 is 0. The monoisotopic (exact) mass is 546 g/mol. The summed E-state index contributed by atoms with van der Waals surface area (Å²) in [6, 6.07) is 5.33. The smallest absolute Gasteiger partial charge is 0.341 e. The van der Waals surface area contributed by atoms with E-state index in [1.807, 2.05) is 27.1 Å². The number of carbonyl (C=O) groups excluding carboxylic acids is 2. The largest absolute Gasteiger partial charge is 0.496 e. The second kappa shape index (κ2) is 12.7. The second-order valence-electron chi connectivity index (χ2n) is 7.76. The van der Waals surface area contributed by atoms with E-state index in [-0.39, 0.29) is 35.3 Å². The van der Waals surface area contributed by atoms with Gasteiger partial charge in [0.15, 0.2) is 5.96 Å². The van der Waals surface area contributed by atoms with Gasteiger partial charge in [-0.25, -0.2) is 9.79 Å². The fourth-order valence-electron chi connectivity index (χ4n) is 3.88. The normalized spacial score (nSPS) is 14.9. The number of aliphatic imine (C=N–C) groups is 1. The van der Waals surface area contributed by atoms with Gasteiger partial charge in [0.1, 0.15) is 11.3 Å². The van der Waals surface area contributed by atoms with Crippen LogP contribution in [0.5, 0.6) is 5.75 Å². The first-order valence-electron chi connectivity index (χ1n) is 10.4. The van der Waals surface area contributed by atoms with E-state index in [0.717, 1.165) is 31.2 Å². The van der Waals surface area contributed by atoms with Crippen molar-refractivity contribution in [2.24, 2.45) is 10.4 Å². The van der Waals surface area contributed by atoms with E-state index in [9.17, 15) is 9.59 Å². The average molecular weight is 546 g/mol. The van der Waals surface area contributed by atoms with Crippen LogP contribution in [0.25, 0.3) is 0 Å². The van der Waals surface area contributed by atoms with Crippen molar-refractivity contribution < 1.29 is 19.1 Å². The Morgan fingerprint density at radius 2 is 1.84 bits per heavy atom. The highest BCUT2D eigenvalue weighted by molar-refractivity contribution is 14.0. The molecule has 31 heavy (non-hydrogen) atoms. The Bertz CT molecular complexity index is 777. The highest BCUT2D eigenvalue weighted by Gasteiger charge is 2.42. The van der Waals surface area contributed by atoms with E-state index in [4.69, 9.17) is 9.47 Å². The summed E-state index contributed by atoms with van der Waals surface area (Å²) in [5, 5.41) is 6.59. The van der Waals surface area contributed by atoms with E-state index < -0.39 is 5.97 Å². The number of benzene rings is 1. The van der Waals surface area contributed by atoms with Crippen LogP contribution in [0.15, 0.2) is 23.2 Å². The first-order valence-corrected chi connectivity index (χ1v) is 10.4. The molecule has 9 heteroatoms. The van der Waals surface area contributed by atoms with Crippen LogP contribution in [0.2, 0.25) is 0 Å². The van der Waals surface area contributed by atoms with Crippen molar-refractivity contribution in [3.05, 3.63) is 29.3 Å². The fraction of sp³-hybridized carbons (Fsp3) is 0.591. The molecule has 0 aromatic heterocycles. The maximum absolute atomic E-state index is 12.8. The number of amides is 1. The minimum absolute atomic E-state index is 0. The van der Waals surface area contributed by atoms with Gasteiger partial charge in [0.25, 0.3) is 0 Å². The van der Waals surface area contributed by atoms with Crippen molar-refractivity contribution in [1.29, 1.82) is 0 Å². The Kier molecular flexibility index (Phi) is 11.1. The number of rotatable bonds is 8. The third kappa shape index (κ3) is 6.98. The van der Waals surface area contributed by atoms with E-state index in [1.165, 1.54) is 14.2 Å². The Morgan fingerprint density at radius 1 is 1.16 bits per heavy atom. The summed E-state index contributed by atoms with van der Waals surface area (Å²) in [6.45, 7) is 3.62. The summed E-state index contributed by atoms with van der Waals surface area (Å²) in [4.78, 5) is 31.1. The molecule has 0 aliphatic heterocycles. The topological polar surface area (TPSA) is 92.3 Å². The molecular formula is C22H35IN4O4. The maximum atomic E-state index is 12.8. The predicted octanol–water partition coefficient (Wildman–Crippen LogP) is 2.80. The Labute approximate surface area is 202 Å². The molecule has 0 radical (unpaired) electrons. The molecule has 8 nitrogen and oxygen atoms in total. The minimum Gasteiger partial charge on any atom is -0.496 e. The van der Waals surface area contributed by atoms with Gasteiger partial charge in [0, 0.05) is 27.2 Å². The lowest BCUT2D eigenvalue weighted by molar-refractivity contribution is -0.138. The molecule has 0 atom stereocenters. The van der Waals surface area contributed by atoms with Crippen molar-refractivity contribution in [3.8, 4) is 5.75 Å². The number of methoxy groups -OCH3 is 2. The van der Waals surface area contributed by atoms with E-state index in [0.29, 0.717) is 36.9 Å². The molecule has 2 N–H and O–H groups in total. The van der Waals surface area contributed by atoms with Gasteiger partial charge in [-0.1, -0.05) is 18.9 Å². The van der Waals surface area contributed by atoms with Crippen LogP contribution >= 0.6 is 24.0 Å². The highest BCUT2D eigenvalue weighted by Crippen LogP contribution is 2.38. The lowest BCUT2D eigenvalue weighted by Crippen LogP contribution is -2.49. The molecule has 0 heterocycles. The molecule has 1 saturated carbocycles. The van der Waals surface area contributed by atoms with Gasteiger partial charge in [-0.2, -0.15) is 0 Å². The number of nitrogens with zero attached hydrogens (tertiary/aromatic N) is 2. The zero-order valence-corrected chi connectivity index (χ0v) is 21.4. The highest BCUT2D eigenvalue weighted by atomic mass is 127. The molecule has 174 valence electrons. The third-order valence-electron chi connectivity index (χ3n) is 5.45. The number of ether oxygens (including phenoxy) is 2. The maximum Gasteiger partial charge on any atom is 0.341 e. The van der Waals surface area contributed by atoms with E-state index >= 15 is 0 Å². The zero-order valence-electron chi connectivity index (χ0n) is 19.1. The van der Waals surface area contributed by atoms with Gasteiger partial charge in [-0.15, -0.1) is 24.0 Å².